The third kappa shape index (κ3) is 2.66. The summed E-state index contributed by atoms with van der Waals surface area (Å²) < 4.78 is 1.67. The molecule has 0 aliphatic rings. The smallest absolute Gasteiger partial charge is 0.308 e. The molecule has 0 spiro atoms. The maximum atomic E-state index is 11.6. The van der Waals surface area contributed by atoms with Gasteiger partial charge in [0.05, 0.1) is 11.0 Å². The minimum absolute atomic E-state index is 0.301. The monoisotopic (exact) mass is 311 g/mol. The van der Waals surface area contributed by atoms with Crippen LogP contribution in [0.5, 0.6) is 0 Å². The Bertz CT molecular complexity index is 661. The number of rotatable bonds is 3. The predicted molar refractivity (Wildman–Crippen MR) is 70.2 cm³/mol. The molecule has 0 bridgehead atoms. The van der Waals surface area contributed by atoms with E-state index < -0.39 is 11.2 Å². The van der Waals surface area contributed by atoms with Gasteiger partial charge < -0.3 is 5.43 Å². The Kier molecular flexibility index (Phi) is 3.58. The quantitative estimate of drug-likeness (QED) is 0.548. The van der Waals surface area contributed by atoms with Crippen molar-refractivity contribution in [3.8, 4) is 0 Å². The molecule has 2 rings (SSSR count). The van der Waals surface area contributed by atoms with Crippen LogP contribution in [0.2, 0.25) is 0 Å². The zero-order valence-electron chi connectivity index (χ0n) is 9.18. The number of aromatic nitrogens is 3. The Morgan fingerprint density at radius 3 is 2.83 bits per heavy atom. The molecule has 0 aliphatic carbocycles. The zero-order chi connectivity index (χ0) is 13.1. The van der Waals surface area contributed by atoms with Crippen LogP contribution in [-0.4, -0.2) is 14.5 Å². The first-order valence-corrected chi connectivity index (χ1v) is 5.80. The molecule has 0 amide bonds. The molecule has 0 aromatic carbocycles. The molecule has 0 fully saturated rings. The summed E-state index contributed by atoms with van der Waals surface area (Å²) in [5.41, 5.74) is 2.31. The number of anilines is 1. The average molecular weight is 312 g/mol. The summed E-state index contributed by atoms with van der Waals surface area (Å²) in [6.45, 7) is 0.312. The van der Waals surface area contributed by atoms with Crippen molar-refractivity contribution < 1.29 is 0 Å². The molecule has 7 nitrogen and oxygen atoms in total. The molecule has 18 heavy (non-hydrogen) atoms. The first-order chi connectivity index (χ1) is 8.60. The molecule has 2 heterocycles. The molecule has 4 N–H and O–H groups in total. The van der Waals surface area contributed by atoms with E-state index in [2.05, 4.69) is 31.3 Å². The van der Waals surface area contributed by atoms with E-state index in [9.17, 15) is 9.59 Å². The lowest BCUT2D eigenvalue weighted by molar-refractivity contribution is 0.714. The molecular formula is C10H10BrN5O2. The lowest BCUT2D eigenvalue weighted by atomic mass is 10.3. The Labute approximate surface area is 110 Å². The van der Waals surface area contributed by atoms with Gasteiger partial charge in [0.15, 0.2) is 0 Å². The van der Waals surface area contributed by atoms with Gasteiger partial charge in [-0.05, 0) is 27.6 Å². The highest BCUT2D eigenvalue weighted by molar-refractivity contribution is 9.10. The number of nitrogen functional groups attached to an aromatic ring is 1. The van der Waals surface area contributed by atoms with Crippen LogP contribution < -0.4 is 22.5 Å². The van der Waals surface area contributed by atoms with Gasteiger partial charge in [0.1, 0.15) is 5.82 Å². The van der Waals surface area contributed by atoms with E-state index >= 15 is 0 Å². The Morgan fingerprint density at radius 2 is 2.22 bits per heavy atom. The third-order valence-electron chi connectivity index (χ3n) is 2.29. The van der Waals surface area contributed by atoms with Crippen LogP contribution in [0.15, 0.2) is 38.6 Å². The molecule has 0 saturated carbocycles. The second-order valence-corrected chi connectivity index (χ2v) is 4.41. The molecule has 0 aliphatic heterocycles. The highest BCUT2D eigenvalue weighted by Gasteiger charge is 2.03. The molecular weight excluding hydrogens is 302 g/mol. The van der Waals surface area contributed by atoms with E-state index in [1.165, 1.54) is 10.8 Å². The maximum Gasteiger partial charge on any atom is 0.328 e. The van der Waals surface area contributed by atoms with Crippen LogP contribution in [0.3, 0.4) is 0 Å². The Hall–Kier alpha value is -1.93. The van der Waals surface area contributed by atoms with Crippen LogP contribution in [0.1, 0.15) is 5.56 Å². The van der Waals surface area contributed by atoms with Gasteiger partial charge in [0.25, 0.3) is 5.56 Å². The number of aromatic amines is 1. The van der Waals surface area contributed by atoms with Crippen LogP contribution in [0.4, 0.5) is 5.82 Å². The fourth-order valence-electron chi connectivity index (χ4n) is 1.40. The highest BCUT2D eigenvalue weighted by Crippen LogP contribution is 2.05. The molecule has 0 radical (unpaired) electrons. The van der Waals surface area contributed by atoms with Gasteiger partial charge in [-0.3, -0.25) is 14.3 Å². The Balaban J connectivity index is 2.31. The Morgan fingerprint density at radius 1 is 1.44 bits per heavy atom. The molecule has 8 heteroatoms. The van der Waals surface area contributed by atoms with Gasteiger partial charge in [-0.2, -0.15) is 0 Å². The topological polar surface area (TPSA) is 106 Å². The van der Waals surface area contributed by atoms with Gasteiger partial charge in [-0.1, -0.05) is 6.07 Å². The normalized spacial score (nSPS) is 10.3. The van der Waals surface area contributed by atoms with E-state index in [1.54, 1.807) is 18.3 Å². The van der Waals surface area contributed by atoms with E-state index in [-0.39, 0.29) is 0 Å². The minimum Gasteiger partial charge on any atom is -0.308 e. The van der Waals surface area contributed by atoms with E-state index in [1.807, 2.05) is 0 Å². The fraction of sp³-hybridized carbons (Fsp3) is 0.100. The van der Waals surface area contributed by atoms with Crippen molar-refractivity contribution >= 4 is 21.7 Å². The number of H-pyrrole nitrogens is 1. The van der Waals surface area contributed by atoms with Crippen LogP contribution in [-0.2, 0) is 6.54 Å². The van der Waals surface area contributed by atoms with Crippen molar-refractivity contribution in [1.29, 1.82) is 0 Å². The SMILES string of the molecule is NNc1ccc(Cn2cc(Br)c(=O)[nH]c2=O)cn1. The van der Waals surface area contributed by atoms with Gasteiger partial charge >= 0.3 is 5.69 Å². The second-order valence-electron chi connectivity index (χ2n) is 3.56. The van der Waals surface area contributed by atoms with Gasteiger partial charge in [-0.15, -0.1) is 0 Å². The molecule has 0 atom stereocenters. The number of hydrazine groups is 1. The van der Waals surface area contributed by atoms with Gasteiger partial charge in [0.2, 0.25) is 0 Å². The van der Waals surface area contributed by atoms with E-state index in [0.29, 0.717) is 16.8 Å². The standard InChI is InChI=1S/C10H10BrN5O2/c11-7-5-16(10(18)14-9(7)17)4-6-1-2-8(15-12)13-3-6/h1-3,5H,4,12H2,(H,13,15)(H,14,17,18). The van der Waals surface area contributed by atoms with Crippen molar-refractivity contribution in [3.05, 3.63) is 55.4 Å². The predicted octanol–water partition coefficient (Wildman–Crippen LogP) is 0.0280. The summed E-state index contributed by atoms with van der Waals surface area (Å²) in [4.78, 5) is 29.0. The number of nitrogens with one attached hydrogen (secondary N) is 2. The molecule has 0 unspecified atom stereocenters. The zero-order valence-corrected chi connectivity index (χ0v) is 10.8. The summed E-state index contributed by atoms with van der Waals surface area (Å²) in [5, 5.41) is 0. The number of hydrogen-bond donors (Lipinski definition) is 3. The average Bonchev–Trinajstić information content (AvgIpc) is 2.37. The summed E-state index contributed by atoms with van der Waals surface area (Å²) in [5.74, 6) is 5.74. The fourth-order valence-corrected chi connectivity index (χ4v) is 1.75. The summed E-state index contributed by atoms with van der Waals surface area (Å²) in [7, 11) is 0. The van der Waals surface area contributed by atoms with Crippen molar-refractivity contribution in [3.63, 3.8) is 0 Å². The van der Waals surface area contributed by atoms with Crippen LogP contribution >= 0.6 is 15.9 Å². The minimum atomic E-state index is -0.468. The highest BCUT2D eigenvalue weighted by atomic mass is 79.9. The second kappa shape index (κ2) is 5.15. The third-order valence-corrected chi connectivity index (χ3v) is 2.86. The lowest BCUT2D eigenvalue weighted by Gasteiger charge is -2.06. The van der Waals surface area contributed by atoms with Crippen LogP contribution in [0, 0.1) is 0 Å². The first-order valence-electron chi connectivity index (χ1n) is 5.01. The lowest BCUT2D eigenvalue weighted by Crippen LogP contribution is -2.30. The summed E-state index contributed by atoms with van der Waals surface area (Å²) in [6, 6.07) is 3.48. The number of hydrogen-bond acceptors (Lipinski definition) is 5. The molecule has 2 aromatic rings. The van der Waals surface area contributed by atoms with Crippen molar-refractivity contribution in [2.45, 2.75) is 6.54 Å². The van der Waals surface area contributed by atoms with Gasteiger partial charge in [-0.25, -0.2) is 15.6 Å². The number of halogens is 1. The van der Waals surface area contributed by atoms with E-state index in [4.69, 9.17) is 5.84 Å². The summed E-state index contributed by atoms with van der Waals surface area (Å²) in [6.07, 6.45) is 3.04. The molecule has 94 valence electrons. The van der Waals surface area contributed by atoms with Gasteiger partial charge in [0, 0.05) is 12.4 Å². The maximum absolute atomic E-state index is 11.6. The number of pyridine rings is 1. The largest absolute Gasteiger partial charge is 0.328 e. The number of nitrogens with zero attached hydrogens (tertiary/aromatic N) is 2. The summed E-state index contributed by atoms with van der Waals surface area (Å²) >= 11 is 3.07. The van der Waals surface area contributed by atoms with Crippen molar-refractivity contribution in [2.75, 3.05) is 5.43 Å². The van der Waals surface area contributed by atoms with E-state index in [0.717, 1.165) is 5.56 Å². The first kappa shape index (κ1) is 12.5. The van der Waals surface area contributed by atoms with Crippen molar-refractivity contribution in [1.82, 2.24) is 14.5 Å². The van der Waals surface area contributed by atoms with Crippen molar-refractivity contribution in [2.24, 2.45) is 5.84 Å². The van der Waals surface area contributed by atoms with Crippen LogP contribution in [0.25, 0.3) is 0 Å². The molecule has 2 aromatic heterocycles. The molecule has 0 saturated heterocycles. The number of nitrogens with two attached hydrogens (primary N) is 1.